The molecule has 0 N–H and O–H groups in total. The van der Waals surface area contributed by atoms with Crippen molar-refractivity contribution in [2.24, 2.45) is 0 Å². The van der Waals surface area contributed by atoms with E-state index < -0.39 is 0 Å². The van der Waals surface area contributed by atoms with Gasteiger partial charge in [0.15, 0.2) is 5.78 Å². The lowest BCUT2D eigenvalue weighted by molar-refractivity contribution is 0.101. The maximum absolute atomic E-state index is 12.0. The van der Waals surface area contributed by atoms with E-state index in [4.69, 9.17) is 25.8 Å². The lowest BCUT2D eigenvalue weighted by Gasteiger charge is -2.24. The number of benzene rings is 2. The van der Waals surface area contributed by atoms with Crippen LogP contribution >= 0.6 is 11.6 Å². The molecular weight excluding hydrogens is 376 g/mol. The highest BCUT2D eigenvalue weighted by Crippen LogP contribution is 2.39. The molecule has 0 aromatic heterocycles. The first-order valence-corrected chi connectivity index (χ1v) is 10.1. The van der Waals surface area contributed by atoms with E-state index in [0.29, 0.717) is 29.6 Å². The second-order valence-corrected chi connectivity index (χ2v) is 7.66. The molecule has 1 fully saturated rings. The summed E-state index contributed by atoms with van der Waals surface area (Å²) in [7, 11) is 3.14. The Labute approximate surface area is 171 Å². The zero-order valence-corrected chi connectivity index (χ0v) is 17.5. The third kappa shape index (κ3) is 4.61. The number of methoxy groups -OCH3 is 2. The summed E-state index contributed by atoms with van der Waals surface area (Å²) in [5.74, 6) is 2.40. The maximum Gasteiger partial charge on any atom is 0.163 e. The van der Waals surface area contributed by atoms with Crippen molar-refractivity contribution < 1.29 is 19.0 Å². The highest BCUT2D eigenvalue weighted by molar-refractivity contribution is 6.30. The Balaban J connectivity index is 1.88. The van der Waals surface area contributed by atoms with Crippen LogP contribution in [0.3, 0.4) is 0 Å². The van der Waals surface area contributed by atoms with Crippen LogP contribution in [-0.4, -0.2) is 20.0 Å². The number of Topliss-reactive ketones (excluding diaryl/α,β-unsaturated/α-hetero) is 1. The van der Waals surface area contributed by atoms with E-state index >= 15 is 0 Å². The highest BCUT2D eigenvalue weighted by atomic mass is 35.5. The third-order valence-corrected chi connectivity index (χ3v) is 5.62. The van der Waals surface area contributed by atoms with Gasteiger partial charge in [-0.15, -0.1) is 0 Å². The van der Waals surface area contributed by atoms with Gasteiger partial charge in [0, 0.05) is 16.7 Å². The van der Waals surface area contributed by atoms with E-state index in [9.17, 15) is 4.79 Å². The van der Waals surface area contributed by atoms with E-state index in [0.717, 1.165) is 29.2 Å². The molecule has 0 heterocycles. The van der Waals surface area contributed by atoms with Crippen molar-refractivity contribution in [3.8, 4) is 17.2 Å². The summed E-state index contributed by atoms with van der Waals surface area (Å²) < 4.78 is 17.0. The van der Waals surface area contributed by atoms with Gasteiger partial charge in [-0.1, -0.05) is 30.9 Å². The smallest absolute Gasteiger partial charge is 0.163 e. The fourth-order valence-corrected chi connectivity index (χ4v) is 4.07. The number of hydrogen-bond acceptors (Lipinski definition) is 4. The molecule has 0 spiro atoms. The molecule has 0 saturated heterocycles. The van der Waals surface area contributed by atoms with Gasteiger partial charge < -0.3 is 14.2 Å². The van der Waals surface area contributed by atoms with Gasteiger partial charge in [0.05, 0.1) is 19.8 Å². The molecular formula is C23H27ClO4. The van der Waals surface area contributed by atoms with Gasteiger partial charge in [-0.05, 0) is 55.5 Å². The molecule has 1 aliphatic rings. The molecule has 0 bridgehead atoms. The van der Waals surface area contributed by atoms with E-state index in [-0.39, 0.29) is 5.78 Å². The van der Waals surface area contributed by atoms with E-state index in [1.54, 1.807) is 26.4 Å². The molecule has 1 saturated carbocycles. The van der Waals surface area contributed by atoms with E-state index in [2.05, 4.69) is 0 Å². The van der Waals surface area contributed by atoms with Crippen molar-refractivity contribution in [2.75, 3.05) is 14.2 Å². The average molecular weight is 403 g/mol. The zero-order chi connectivity index (χ0) is 20.1. The van der Waals surface area contributed by atoms with Crippen molar-refractivity contribution in [3.05, 3.63) is 52.0 Å². The Morgan fingerprint density at radius 2 is 1.71 bits per heavy atom. The summed E-state index contributed by atoms with van der Waals surface area (Å²) in [6.07, 6.45) is 6.11. The van der Waals surface area contributed by atoms with Gasteiger partial charge in [-0.3, -0.25) is 4.79 Å². The van der Waals surface area contributed by atoms with Gasteiger partial charge in [0.1, 0.15) is 23.9 Å². The van der Waals surface area contributed by atoms with Crippen molar-refractivity contribution >= 4 is 17.4 Å². The summed E-state index contributed by atoms with van der Waals surface area (Å²) in [6.45, 7) is 1.82. The predicted molar refractivity (Wildman–Crippen MR) is 111 cm³/mol. The number of hydrogen-bond donors (Lipinski definition) is 0. The Bertz CT molecular complexity index is 841. The summed E-state index contributed by atoms with van der Waals surface area (Å²) in [6, 6.07) is 9.35. The number of halogens is 1. The van der Waals surface area contributed by atoms with E-state index in [1.807, 2.05) is 18.2 Å². The molecule has 5 heteroatoms. The summed E-state index contributed by atoms with van der Waals surface area (Å²) >= 11 is 6.26. The Morgan fingerprint density at radius 3 is 2.36 bits per heavy atom. The number of rotatable bonds is 7. The second kappa shape index (κ2) is 9.33. The SMILES string of the molecule is COc1cc(OC)c(C(C)=O)cc1COc1ccc(Cl)cc1C1CCCCC1. The Hall–Kier alpha value is -2.20. The molecule has 4 nitrogen and oxygen atoms in total. The summed E-state index contributed by atoms with van der Waals surface area (Å²) in [5.41, 5.74) is 2.50. The van der Waals surface area contributed by atoms with Crippen LogP contribution in [0, 0.1) is 0 Å². The quantitative estimate of drug-likeness (QED) is 0.518. The number of carbonyl (C=O) groups is 1. The molecule has 0 aliphatic heterocycles. The molecule has 2 aromatic carbocycles. The number of carbonyl (C=O) groups excluding carboxylic acids is 1. The van der Waals surface area contributed by atoms with Crippen LogP contribution in [0.15, 0.2) is 30.3 Å². The molecule has 0 unspecified atom stereocenters. The van der Waals surface area contributed by atoms with Crippen LogP contribution < -0.4 is 14.2 Å². The first-order valence-electron chi connectivity index (χ1n) is 9.71. The van der Waals surface area contributed by atoms with Crippen molar-refractivity contribution in [1.29, 1.82) is 0 Å². The topological polar surface area (TPSA) is 44.8 Å². The molecule has 28 heavy (non-hydrogen) atoms. The van der Waals surface area contributed by atoms with Crippen LogP contribution in [0.2, 0.25) is 5.02 Å². The standard InChI is InChI=1S/C23H27ClO4/c1-15(25)19-11-17(22(26-2)13-23(19)27-3)14-28-21-10-9-18(24)12-20(21)16-7-5-4-6-8-16/h9-13,16H,4-8,14H2,1-3H3. The largest absolute Gasteiger partial charge is 0.496 e. The minimum absolute atomic E-state index is 0.0601. The lowest BCUT2D eigenvalue weighted by Crippen LogP contribution is -2.08. The van der Waals surface area contributed by atoms with Crippen LogP contribution in [0.25, 0.3) is 0 Å². The molecule has 0 atom stereocenters. The summed E-state index contributed by atoms with van der Waals surface area (Å²) in [5, 5.41) is 0.730. The normalized spacial score (nSPS) is 14.6. The van der Waals surface area contributed by atoms with Crippen LogP contribution in [-0.2, 0) is 6.61 Å². The van der Waals surface area contributed by atoms with Crippen molar-refractivity contribution in [3.63, 3.8) is 0 Å². The monoisotopic (exact) mass is 402 g/mol. The van der Waals surface area contributed by atoms with Crippen LogP contribution in [0.5, 0.6) is 17.2 Å². The molecule has 0 amide bonds. The minimum Gasteiger partial charge on any atom is -0.496 e. The van der Waals surface area contributed by atoms with Crippen molar-refractivity contribution in [1.82, 2.24) is 0 Å². The van der Waals surface area contributed by atoms with Crippen LogP contribution in [0.1, 0.15) is 66.4 Å². The van der Waals surface area contributed by atoms with Gasteiger partial charge >= 0.3 is 0 Å². The van der Waals surface area contributed by atoms with Crippen molar-refractivity contribution in [2.45, 2.75) is 51.6 Å². The molecule has 150 valence electrons. The van der Waals surface area contributed by atoms with E-state index in [1.165, 1.54) is 31.7 Å². The Morgan fingerprint density at radius 1 is 1.00 bits per heavy atom. The first kappa shape index (κ1) is 20.5. The molecule has 0 radical (unpaired) electrons. The third-order valence-electron chi connectivity index (χ3n) is 5.38. The fourth-order valence-electron chi connectivity index (χ4n) is 3.89. The highest BCUT2D eigenvalue weighted by Gasteiger charge is 2.21. The average Bonchev–Trinajstić information content (AvgIpc) is 2.72. The van der Waals surface area contributed by atoms with Gasteiger partial charge in [0.25, 0.3) is 0 Å². The maximum atomic E-state index is 12.0. The molecule has 1 aliphatic carbocycles. The zero-order valence-electron chi connectivity index (χ0n) is 16.7. The first-order chi connectivity index (χ1) is 13.5. The van der Waals surface area contributed by atoms with Crippen LogP contribution in [0.4, 0.5) is 0 Å². The van der Waals surface area contributed by atoms with Gasteiger partial charge in [-0.25, -0.2) is 0 Å². The van der Waals surface area contributed by atoms with Gasteiger partial charge in [-0.2, -0.15) is 0 Å². The van der Waals surface area contributed by atoms with Gasteiger partial charge in [0.2, 0.25) is 0 Å². The molecule has 2 aromatic rings. The number of ketones is 1. The summed E-state index contributed by atoms with van der Waals surface area (Å²) in [4.78, 5) is 12.0. The Kier molecular flexibility index (Phi) is 6.84. The lowest BCUT2D eigenvalue weighted by atomic mass is 9.84. The fraction of sp³-hybridized carbons (Fsp3) is 0.435. The number of ether oxygens (including phenoxy) is 3. The molecule has 3 rings (SSSR count). The minimum atomic E-state index is -0.0601. The predicted octanol–water partition coefficient (Wildman–Crippen LogP) is 6.19. The second-order valence-electron chi connectivity index (χ2n) is 7.23.